The van der Waals surface area contributed by atoms with Crippen molar-refractivity contribution in [1.29, 1.82) is 0 Å². The van der Waals surface area contributed by atoms with E-state index in [0.29, 0.717) is 28.8 Å². The maximum absolute atomic E-state index is 12.8. The van der Waals surface area contributed by atoms with Gasteiger partial charge in [0.15, 0.2) is 0 Å². The van der Waals surface area contributed by atoms with Gasteiger partial charge in [-0.1, -0.05) is 66.7 Å². The van der Waals surface area contributed by atoms with Gasteiger partial charge in [-0.25, -0.2) is 9.67 Å². The van der Waals surface area contributed by atoms with E-state index in [1.807, 2.05) is 56.3 Å². The number of benzene rings is 2. The molecule has 1 unspecified atom stereocenters. The molecule has 9 heteroatoms. The number of carbonyl (C=O) groups is 1. The van der Waals surface area contributed by atoms with Gasteiger partial charge in [0.05, 0.1) is 17.1 Å². The zero-order valence-corrected chi connectivity index (χ0v) is 18.5. The number of aromatic amines is 1. The second-order valence-electron chi connectivity index (χ2n) is 7.18. The summed E-state index contributed by atoms with van der Waals surface area (Å²) >= 11 is 1.23. The second kappa shape index (κ2) is 9.61. The average Bonchev–Trinajstić information content (AvgIpc) is 3.18. The molecule has 0 saturated carbocycles. The Labute approximate surface area is 189 Å². The minimum Gasteiger partial charge on any atom is -0.310 e. The van der Waals surface area contributed by atoms with Crippen LogP contribution in [-0.2, 0) is 4.79 Å². The third-order valence-electron chi connectivity index (χ3n) is 4.79. The second-order valence-corrected chi connectivity index (χ2v) is 8.34. The van der Waals surface area contributed by atoms with Crippen LogP contribution in [0.1, 0.15) is 18.9 Å². The highest BCUT2D eigenvalue weighted by Crippen LogP contribution is 2.24. The third kappa shape index (κ3) is 4.94. The number of hydrogen-bond donors (Lipinski definition) is 2. The number of thioether (sulfide) groups is 1. The molecular weight excluding hydrogens is 424 g/mol. The Hall–Kier alpha value is -3.72. The number of hydrogen-bond acceptors (Lipinski definition) is 6. The molecule has 2 aromatic heterocycles. The molecule has 8 nitrogen and oxygen atoms in total. The molecule has 4 aromatic rings. The van der Waals surface area contributed by atoms with Gasteiger partial charge in [-0.2, -0.15) is 0 Å². The lowest BCUT2D eigenvalue weighted by Gasteiger charge is -2.12. The van der Waals surface area contributed by atoms with Gasteiger partial charge in [-0.3, -0.25) is 14.7 Å². The van der Waals surface area contributed by atoms with Crippen LogP contribution in [0.3, 0.4) is 0 Å². The van der Waals surface area contributed by atoms with E-state index < -0.39 is 5.25 Å². The molecule has 0 saturated heterocycles. The lowest BCUT2D eigenvalue weighted by Crippen LogP contribution is -2.25. The van der Waals surface area contributed by atoms with E-state index in [0.717, 1.165) is 5.56 Å². The van der Waals surface area contributed by atoms with Gasteiger partial charge in [0.2, 0.25) is 11.1 Å². The number of aryl methyl sites for hydroxylation is 1. The molecule has 0 bridgehead atoms. The third-order valence-corrected chi connectivity index (χ3v) is 6.02. The number of amides is 1. The summed E-state index contributed by atoms with van der Waals surface area (Å²) in [7, 11) is 0. The van der Waals surface area contributed by atoms with Crippen molar-refractivity contribution < 1.29 is 4.79 Å². The number of aromatic nitrogens is 5. The predicted octanol–water partition coefficient (Wildman–Crippen LogP) is 3.84. The Bertz CT molecular complexity index is 1250. The molecule has 2 aromatic carbocycles. The molecule has 0 spiro atoms. The molecule has 0 radical (unpaired) electrons. The number of anilines is 1. The molecule has 0 fully saturated rings. The number of carbonyl (C=O) groups excluding carboxylic acids is 1. The highest BCUT2D eigenvalue weighted by molar-refractivity contribution is 8.00. The number of nitrogens with one attached hydrogen (secondary N) is 2. The van der Waals surface area contributed by atoms with Crippen molar-refractivity contribution in [2.24, 2.45) is 0 Å². The van der Waals surface area contributed by atoms with Crippen LogP contribution < -0.4 is 10.9 Å². The topological polar surface area (TPSA) is 106 Å². The summed E-state index contributed by atoms with van der Waals surface area (Å²) in [6.07, 6.45) is 2.21. The van der Waals surface area contributed by atoms with Crippen LogP contribution in [0.15, 0.2) is 76.8 Å². The quantitative estimate of drug-likeness (QED) is 0.418. The van der Waals surface area contributed by atoms with Crippen LogP contribution in [0, 0.1) is 6.92 Å². The highest BCUT2D eigenvalue weighted by atomic mass is 32.2. The van der Waals surface area contributed by atoms with Crippen molar-refractivity contribution in [2.45, 2.75) is 30.7 Å². The molecule has 1 amide bonds. The first-order valence-electron chi connectivity index (χ1n) is 10.2. The molecule has 32 heavy (non-hydrogen) atoms. The monoisotopic (exact) mass is 446 g/mol. The zero-order chi connectivity index (χ0) is 22.5. The first-order chi connectivity index (χ1) is 15.5. The minimum atomic E-state index is -0.439. The van der Waals surface area contributed by atoms with Gasteiger partial charge in [0, 0.05) is 11.6 Å². The minimum absolute atomic E-state index is 0.245. The van der Waals surface area contributed by atoms with Crippen molar-refractivity contribution >= 4 is 23.5 Å². The number of nitrogens with zero attached hydrogens (tertiary/aromatic N) is 4. The first kappa shape index (κ1) is 21.5. The highest BCUT2D eigenvalue weighted by Gasteiger charge is 2.21. The predicted molar refractivity (Wildman–Crippen MR) is 125 cm³/mol. The lowest BCUT2D eigenvalue weighted by atomic mass is 10.1. The summed E-state index contributed by atoms with van der Waals surface area (Å²) in [6, 6.07) is 18.5. The van der Waals surface area contributed by atoms with Gasteiger partial charge in [0.25, 0.3) is 5.56 Å². The molecule has 162 valence electrons. The van der Waals surface area contributed by atoms with Crippen LogP contribution in [0.2, 0.25) is 0 Å². The smallest absolute Gasteiger partial charge is 0.273 e. The van der Waals surface area contributed by atoms with Crippen molar-refractivity contribution in [1.82, 2.24) is 25.0 Å². The van der Waals surface area contributed by atoms with Crippen molar-refractivity contribution in [3.8, 4) is 16.9 Å². The largest absolute Gasteiger partial charge is 0.310 e. The molecular formula is C23H22N6O2S. The van der Waals surface area contributed by atoms with E-state index in [2.05, 4.69) is 25.6 Å². The first-order valence-corrected chi connectivity index (χ1v) is 11.0. The molecule has 4 rings (SSSR count). The van der Waals surface area contributed by atoms with E-state index in [-0.39, 0.29) is 11.5 Å². The Kier molecular flexibility index (Phi) is 6.46. The van der Waals surface area contributed by atoms with E-state index >= 15 is 0 Å². The van der Waals surface area contributed by atoms with Crippen molar-refractivity contribution in [2.75, 3.05) is 5.32 Å². The molecule has 2 heterocycles. The Morgan fingerprint density at radius 1 is 1.12 bits per heavy atom. The molecule has 1 atom stereocenters. The Balaban J connectivity index is 1.43. The van der Waals surface area contributed by atoms with Crippen LogP contribution in [0.4, 0.5) is 5.82 Å². The Morgan fingerprint density at radius 2 is 1.88 bits per heavy atom. The van der Waals surface area contributed by atoms with Gasteiger partial charge >= 0.3 is 0 Å². The van der Waals surface area contributed by atoms with Crippen molar-refractivity contribution in [3.05, 3.63) is 82.8 Å². The fourth-order valence-corrected chi connectivity index (χ4v) is 3.86. The van der Waals surface area contributed by atoms with Gasteiger partial charge in [-0.05, 0) is 25.5 Å². The van der Waals surface area contributed by atoms with Gasteiger partial charge in [-0.15, -0.1) is 10.2 Å². The number of rotatable bonds is 7. The SMILES string of the molecule is CCC(Sc1ncc(-c2ccc(C)cc2)nn1)C(=O)Nc1cc(=O)n(-c2ccccc2)[nH]1. The van der Waals surface area contributed by atoms with Crippen LogP contribution in [-0.4, -0.2) is 36.1 Å². The molecule has 0 aliphatic heterocycles. The van der Waals surface area contributed by atoms with E-state index in [1.54, 1.807) is 18.3 Å². The number of H-pyrrole nitrogens is 1. The number of para-hydroxylation sites is 1. The normalized spacial score (nSPS) is 11.8. The van der Waals surface area contributed by atoms with Gasteiger partial charge < -0.3 is 5.32 Å². The van der Waals surface area contributed by atoms with Crippen LogP contribution in [0.5, 0.6) is 0 Å². The summed E-state index contributed by atoms with van der Waals surface area (Å²) in [6.45, 7) is 3.93. The summed E-state index contributed by atoms with van der Waals surface area (Å²) in [4.78, 5) is 29.4. The lowest BCUT2D eigenvalue weighted by molar-refractivity contribution is -0.115. The molecule has 0 aliphatic rings. The summed E-state index contributed by atoms with van der Waals surface area (Å²) in [5.41, 5.74) is 3.20. The van der Waals surface area contributed by atoms with Gasteiger partial charge in [0.1, 0.15) is 11.5 Å². The van der Waals surface area contributed by atoms with Crippen LogP contribution >= 0.6 is 11.8 Å². The summed E-state index contributed by atoms with van der Waals surface area (Å²) < 4.78 is 1.38. The average molecular weight is 447 g/mol. The maximum Gasteiger partial charge on any atom is 0.273 e. The van der Waals surface area contributed by atoms with E-state index in [4.69, 9.17) is 0 Å². The Morgan fingerprint density at radius 3 is 2.53 bits per heavy atom. The molecule has 2 N–H and O–H groups in total. The fourth-order valence-electron chi connectivity index (χ4n) is 3.07. The maximum atomic E-state index is 12.8. The fraction of sp³-hybridized carbons (Fsp3) is 0.174. The zero-order valence-electron chi connectivity index (χ0n) is 17.6. The van der Waals surface area contributed by atoms with E-state index in [9.17, 15) is 9.59 Å². The van der Waals surface area contributed by atoms with Crippen LogP contribution in [0.25, 0.3) is 16.9 Å². The summed E-state index contributed by atoms with van der Waals surface area (Å²) in [5, 5.41) is 14.1. The summed E-state index contributed by atoms with van der Waals surface area (Å²) in [5.74, 6) is 0.0850. The van der Waals surface area contributed by atoms with Crippen molar-refractivity contribution in [3.63, 3.8) is 0 Å². The molecule has 0 aliphatic carbocycles. The van der Waals surface area contributed by atoms with E-state index in [1.165, 1.54) is 28.1 Å². The standard InChI is InChI=1S/C23H22N6O2S/c1-3-19(32-23-24-14-18(26-27-23)16-11-9-15(2)10-12-16)22(31)25-20-13-21(30)29(28-20)17-7-5-4-6-8-17/h4-14,19,28H,3H2,1-2H3,(H,25,31).